The van der Waals surface area contributed by atoms with Gasteiger partial charge in [-0.3, -0.25) is 4.79 Å². The zero-order valence-corrected chi connectivity index (χ0v) is 20.3. The second kappa shape index (κ2) is 10.9. The van der Waals surface area contributed by atoms with Crippen LogP contribution in [-0.2, 0) is 17.8 Å². The van der Waals surface area contributed by atoms with E-state index in [4.69, 9.17) is 9.47 Å². The van der Waals surface area contributed by atoms with Crippen LogP contribution in [0.15, 0.2) is 42.6 Å². The first-order valence-electron chi connectivity index (χ1n) is 10.9. The fourth-order valence-electron chi connectivity index (χ4n) is 3.18. The molecule has 0 spiro atoms. The largest absolute Gasteiger partial charge is 0.481 e. The minimum Gasteiger partial charge on any atom is -0.481 e. The number of carbonyl (C=O) groups is 2. The summed E-state index contributed by atoms with van der Waals surface area (Å²) < 4.78 is 23.9. The van der Waals surface area contributed by atoms with Crippen molar-refractivity contribution < 1.29 is 23.5 Å². The summed E-state index contributed by atoms with van der Waals surface area (Å²) >= 11 is 0. The number of alkyl carbamates (subject to hydrolysis) is 1. The summed E-state index contributed by atoms with van der Waals surface area (Å²) in [5.41, 5.74) is 2.31. The molecule has 9 nitrogen and oxygen atoms in total. The average Bonchev–Trinajstić information content (AvgIpc) is 2.80. The summed E-state index contributed by atoms with van der Waals surface area (Å²) in [6.45, 7) is 7.28. The predicted octanol–water partition coefficient (Wildman–Crippen LogP) is 3.95. The summed E-state index contributed by atoms with van der Waals surface area (Å²) in [6, 6.07) is 9.55. The summed E-state index contributed by atoms with van der Waals surface area (Å²) in [7, 11) is 1.51. The van der Waals surface area contributed by atoms with Gasteiger partial charge in [-0.25, -0.2) is 19.7 Å². The number of ether oxygens (including phenoxy) is 2. The molecule has 184 valence electrons. The molecule has 35 heavy (non-hydrogen) atoms. The molecule has 0 aliphatic carbocycles. The predicted molar refractivity (Wildman–Crippen MR) is 127 cm³/mol. The molecule has 2 N–H and O–H groups in total. The molecule has 0 unspecified atom stereocenters. The molecule has 3 aromatic rings. The third-order valence-electron chi connectivity index (χ3n) is 4.74. The Labute approximate surface area is 203 Å². The Bertz CT molecular complexity index is 1230. The molecule has 0 fully saturated rings. The van der Waals surface area contributed by atoms with Gasteiger partial charge in [-0.1, -0.05) is 0 Å². The first-order chi connectivity index (χ1) is 16.5. The van der Waals surface area contributed by atoms with Crippen molar-refractivity contribution in [3.05, 3.63) is 71.1 Å². The highest BCUT2D eigenvalue weighted by atomic mass is 19.1. The Balaban J connectivity index is 1.86. The van der Waals surface area contributed by atoms with Crippen LogP contribution in [0.3, 0.4) is 0 Å². The van der Waals surface area contributed by atoms with Crippen LogP contribution in [0.5, 0.6) is 5.88 Å². The van der Waals surface area contributed by atoms with Gasteiger partial charge in [-0.05, 0) is 69.2 Å². The van der Waals surface area contributed by atoms with E-state index in [9.17, 15) is 14.0 Å². The van der Waals surface area contributed by atoms with Crippen LogP contribution in [0.25, 0.3) is 11.3 Å². The van der Waals surface area contributed by atoms with Gasteiger partial charge in [0.05, 0.1) is 12.8 Å². The van der Waals surface area contributed by atoms with Crippen molar-refractivity contribution in [3.8, 4) is 17.1 Å². The van der Waals surface area contributed by atoms with Crippen LogP contribution in [-0.4, -0.2) is 39.7 Å². The van der Waals surface area contributed by atoms with Gasteiger partial charge in [0.25, 0.3) is 5.91 Å². The fraction of sp³-hybridized carbons (Fsp3) is 0.320. The molecule has 3 aromatic heterocycles. The van der Waals surface area contributed by atoms with Gasteiger partial charge in [-0.2, -0.15) is 4.39 Å². The molecular formula is C25H28FN5O4. The minimum absolute atomic E-state index is 0.0972. The van der Waals surface area contributed by atoms with Crippen LogP contribution in [0.2, 0.25) is 0 Å². The summed E-state index contributed by atoms with van der Waals surface area (Å²) in [5, 5.41) is 5.50. The molecule has 3 rings (SSSR count). The summed E-state index contributed by atoms with van der Waals surface area (Å²) in [5.74, 6) is -0.597. The van der Waals surface area contributed by atoms with Crippen LogP contribution < -0.4 is 15.4 Å². The van der Waals surface area contributed by atoms with Gasteiger partial charge in [0.1, 0.15) is 11.3 Å². The van der Waals surface area contributed by atoms with Crippen molar-refractivity contribution in [1.82, 2.24) is 25.6 Å². The highest BCUT2D eigenvalue weighted by Crippen LogP contribution is 2.23. The molecule has 0 aliphatic heterocycles. The molecule has 0 saturated carbocycles. The van der Waals surface area contributed by atoms with Gasteiger partial charge < -0.3 is 20.1 Å². The van der Waals surface area contributed by atoms with Crippen molar-refractivity contribution in [3.63, 3.8) is 0 Å². The van der Waals surface area contributed by atoms with Crippen molar-refractivity contribution in [1.29, 1.82) is 0 Å². The number of hydrogen-bond acceptors (Lipinski definition) is 7. The average molecular weight is 482 g/mol. The molecule has 10 heteroatoms. The number of aromatic nitrogens is 3. The molecule has 3 heterocycles. The van der Waals surface area contributed by atoms with Crippen LogP contribution in [0, 0.1) is 12.9 Å². The first kappa shape index (κ1) is 25.5. The number of nitrogens with one attached hydrogen (secondary N) is 2. The van der Waals surface area contributed by atoms with Crippen LogP contribution in [0.4, 0.5) is 9.18 Å². The van der Waals surface area contributed by atoms with Gasteiger partial charge in [-0.15, -0.1) is 0 Å². The third kappa shape index (κ3) is 7.46. The van der Waals surface area contributed by atoms with Crippen LogP contribution >= 0.6 is 0 Å². The number of carbonyl (C=O) groups excluding carboxylic acids is 2. The van der Waals surface area contributed by atoms with E-state index in [0.717, 1.165) is 5.56 Å². The van der Waals surface area contributed by atoms with E-state index in [2.05, 4.69) is 25.6 Å². The second-order valence-corrected chi connectivity index (χ2v) is 8.76. The standard InChI is InChI=1S/C25H28FN5O4/c1-15-18(6-7-21(26)30-15)19-10-17(14-29-24(33)35-25(2,3)4)11-20(31-19)23(32)28-13-16-8-9-27-22(12-16)34-5/h6-12H,13-14H2,1-5H3,(H,28,32)(H,29,33). The fourth-order valence-corrected chi connectivity index (χ4v) is 3.18. The Morgan fingerprint density at radius 1 is 1.00 bits per heavy atom. The Kier molecular flexibility index (Phi) is 7.95. The van der Waals surface area contributed by atoms with Crippen molar-refractivity contribution in [2.75, 3.05) is 7.11 Å². The Morgan fingerprint density at radius 2 is 1.74 bits per heavy atom. The van der Waals surface area contributed by atoms with Crippen LogP contribution in [0.1, 0.15) is 48.1 Å². The van der Waals surface area contributed by atoms with E-state index in [1.165, 1.54) is 13.2 Å². The number of rotatable bonds is 7. The molecule has 0 saturated heterocycles. The SMILES string of the molecule is COc1cc(CNC(=O)c2cc(CNC(=O)OC(C)(C)C)cc(-c3ccc(F)nc3C)n2)ccn1. The van der Waals surface area contributed by atoms with Gasteiger partial charge >= 0.3 is 6.09 Å². The smallest absolute Gasteiger partial charge is 0.407 e. The molecule has 0 aromatic carbocycles. The normalized spacial score (nSPS) is 11.0. The van der Waals surface area contributed by atoms with Gasteiger partial charge in [0.15, 0.2) is 0 Å². The van der Waals surface area contributed by atoms with Crippen molar-refractivity contribution in [2.24, 2.45) is 0 Å². The number of amides is 2. The maximum absolute atomic E-state index is 13.5. The number of halogens is 1. The maximum atomic E-state index is 13.5. The Hall–Kier alpha value is -4.08. The number of methoxy groups -OCH3 is 1. The number of aryl methyl sites for hydroxylation is 1. The zero-order valence-electron chi connectivity index (χ0n) is 20.3. The topological polar surface area (TPSA) is 115 Å². The lowest BCUT2D eigenvalue weighted by Crippen LogP contribution is -2.32. The highest BCUT2D eigenvalue weighted by Gasteiger charge is 2.18. The quantitative estimate of drug-likeness (QED) is 0.491. The lowest BCUT2D eigenvalue weighted by Gasteiger charge is -2.20. The first-order valence-corrected chi connectivity index (χ1v) is 10.9. The third-order valence-corrected chi connectivity index (χ3v) is 4.74. The molecule has 0 atom stereocenters. The molecule has 2 amide bonds. The van der Waals surface area contributed by atoms with E-state index in [-0.39, 0.29) is 18.8 Å². The number of nitrogens with zero attached hydrogens (tertiary/aromatic N) is 3. The van der Waals surface area contributed by atoms with Crippen molar-refractivity contribution >= 4 is 12.0 Å². The lowest BCUT2D eigenvalue weighted by atomic mass is 10.1. The van der Waals surface area contributed by atoms with E-state index >= 15 is 0 Å². The molecule has 0 aliphatic rings. The molecule has 0 radical (unpaired) electrons. The number of hydrogen-bond donors (Lipinski definition) is 2. The van der Waals surface area contributed by atoms with Crippen molar-refractivity contribution in [2.45, 2.75) is 46.4 Å². The lowest BCUT2D eigenvalue weighted by molar-refractivity contribution is 0.0523. The van der Waals surface area contributed by atoms with E-state index in [1.807, 2.05) is 0 Å². The Morgan fingerprint density at radius 3 is 2.43 bits per heavy atom. The highest BCUT2D eigenvalue weighted by molar-refractivity contribution is 5.93. The van der Waals surface area contributed by atoms with E-state index < -0.39 is 23.5 Å². The minimum atomic E-state index is -0.648. The van der Waals surface area contributed by atoms with Gasteiger partial charge in [0, 0.05) is 36.6 Å². The number of pyridine rings is 3. The van der Waals surface area contributed by atoms with Gasteiger partial charge in [0.2, 0.25) is 11.8 Å². The molecular weight excluding hydrogens is 453 g/mol. The second-order valence-electron chi connectivity index (χ2n) is 8.76. The summed E-state index contributed by atoms with van der Waals surface area (Å²) in [4.78, 5) is 37.4. The maximum Gasteiger partial charge on any atom is 0.407 e. The summed E-state index contributed by atoms with van der Waals surface area (Å²) in [6.07, 6.45) is 0.998. The monoisotopic (exact) mass is 481 g/mol. The zero-order chi connectivity index (χ0) is 25.6. The van der Waals surface area contributed by atoms with E-state index in [1.54, 1.807) is 64.2 Å². The van der Waals surface area contributed by atoms with E-state index in [0.29, 0.717) is 28.4 Å². The molecule has 0 bridgehead atoms.